The molecule has 3 rings (SSSR count). The number of alkyl halides is 3. The molecule has 1 atom stereocenters. The van der Waals surface area contributed by atoms with Gasteiger partial charge in [-0.15, -0.1) is 11.3 Å². The molecule has 0 aliphatic heterocycles. The molecule has 1 unspecified atom stereocenters. The van der Waals surface area contributed by atoms with Gasteiger partial charge in [0, 0.05) is 21.6 Å². The van der Waals surface area contributed by atoms with Gasteiger partial charge in [0.2, 0.25) is 0 Å². The number of Topliss-reactive ketones (excluding diaryl/α,β-unsaturated/α-hetero) is 1. The number of hydrogen-bond donors (Lipinski definition) is 0. The fraction of sp³-hybridized carbons (Fsp3) is 0.333. The molecule has 3 aromatic rings. The topological polar surface area (TPSA) is 52.6 Å². The zero-order chi connectivity index (χ0) is 23.5. The van der Waals surface area contributed by atoms with E-state index in [2.05, 4.69) is 0 Å². The van der Waals surface area contributed by atoms with Gasteiger partial charge in [0.1, 0.15) is 5.75 Å². The van der Waals surface area contributed by atoms with Crippen LogP contribution in [-0.4, -0.2) is 24.5 Å². The molecule has 0 saturated heterocycles. The van der Waals surface area contributed by atoms with Crippen LogP contribution in [-0.2, 0) is 22.1 Å². The van der Waals surface area contributed by atoms with Crippen LogP contribution in [0.2, 0.25) is 0 Å². The molecule has 32 heavy (non-hydrogen) atoms. The van der Waals surface area contributed by atoms with E-state index >= 15 is 0 Å². The number of carbonyl (C=O) groups is 2. The van der Waals surface area contributed by atoms with Gasteiger partial charge < -0.3 is 9.47 Å². The summed E-state index contributed by atoms with van der Waals surface area (Å²) >= 11 is 1.29. The van der Waals surface area contributed by atoms with Crippen LogP contribution in [0.25, 0.3) is 10.1 Å². The first-order valence-electron chi connectivity index (χ1n) is 10.2. The molecule has 0 bridgehead atoms. The summed E-state index contributed by atoms with van der Waals surface area (Å²) in [6, 6.07) is 10.2. The lowest BCUT2D eigenvalue weighted by Crippen LogP contribution is -2.26. The van der Waals surface area contributed by atoms with Crippen molar-refractivity contribution in [3.05, 3.63) is 64.0 Å². The first kappa shape index (κ1) is 23.8. The average Bonchev–Trinajstić information content (AvgIpc) is 3.07. The molecular weight excluding hydrogens is 441 g/mol. The summed E-state index contributed by atoms with van der Waals surface area (Å²) in [6.07, 6.45) is -4.46. The zero-order valence-corrected chi connectivity index (χ0v) is 18.7. The van der Waals surface area contributed by atoms with Crippen molar-refractivity contribution in [3.63, 3.8) is 0 Å². The van der Waals surface area contributed by atoms with Crippen LogP contribution >= 0.6 is 11.3 Å². The molecule has 4 nitrogen and oxygen atoms in total. The first-order valence-corrected chi connectivity index (χ1v) is 11.0. The van der Waals surface area contributed by atoms with Crippen LogP contribution in [0, 0.1) is 6.92 Å². The lowest BCUT2D eigenvalue weighted by atomic mass is 10.0. The quantitative estimate of drug-likeness (QED) is 0.287. The number of esters is 1. The van der Waals surface area contributed by atoms with Crippen molar-refractivity contribution >= 4 is 33.2 Å². The standard InChI is InChI=1S/C24H23F3O4S/c1-4-30-23(29)15(3)31-18-8-5-16(6-9-18)20(28)11-12-21-14(2)19-10-7-17(24(25,26)27)13-22(19)32-21/h5-10,13,15H,4,11-12H2,1-3H3. The van der Waals surface area contributed by atoms with Crippen molar-refractivity contribution in [1.29, 1.82) is 0 Å². The monoisotopic (exact) mass is 464 g/mol. The molecule has 8 heteroatoms. The second kappa shape index (κ2) is 9.73. The molecular formula is C24H23F3O4S. The Morgan fingerprint density at radius 2 is 1.78 bits per heavy atom. The van der Waals surface area contributed by atoms with Gasteiger partial charge in [0.05, 0.1) is 12.2 Å². The Morgan fingerprint density at radius 1 is 1.09 bits per heavy atom. The predicted octanol–water partition coefficient (Wildman–Crippen LogP) is 6.37. The summed E-state index contributed by atoms with van der Waals surface area (Å²) in [5, 5.41) is 0.780. The van der Waals surface area contributed by atoms with Crippen LogP contribution in [0.1, 0.15) is 46.6 Å². The maximum atomic E-state index is 13.0. The van der Waals surface area contributed by atoms with E-state index in [4.69, 9.17) is 9.47 Å². The molecule has 1 aromatic heterocycles. The third kappa shape index (κ3) is 5.48. The predicted molar refractivity (Wildman–Crippen MR) is 117 cm³/mol. The number of hydrogen-bond acceptors (Lipinski definition) is 5. The van der Waals surface area contributed by atoms with E-state index in [0.717, 1.165) is 28.0 Å². The van der Waals surface area contributed by atoms with Crippen molar-refractivity contribution < 1.29 is 32.2 Å². The second-order valence-electron chi connectivity index (χ2n) is 7.32. The molecule has 0 saturated carbocycles. The summed E-state index contributed by atoms with van der Waals surface area (Å²) in [5.74, 6) is -0.0977. The van der Waals surface area contributed by atoms with E-state index in [0.29, 0.717) is 22.4 Å². The summed E-state index contributed by atoms with van der Waals surface area (Å²) in [7, 11) is 0. The highest BCUT2D eigenvalue weighted by atomic mass is 32.1. The molecule has 0 N–H and O–H groups in total. The van der Waals surface area contributed by atoms with Gasteiger partial charge in [-0.05, 0) is 74.5 Å². The lowest BCUT2D eigenvalue weighted by molar-refractivity contribution is -0.150. The van der Waals surface area contributed by atoms with Gasteiger partial charge in [-0.2, -0.15) is 13.2 Å². The van der Waals surface area contributed by atoms with Gasteiger partial charge in [0.25, 0.3) is 0 Å². The molecule has 0 amide bonds. The Hall–Kier alpha value is -2.87. The number of ether oxygens (including phenoxy) is 2. The van der Waals surface area contributed by atoms with Gasteiger partial charge in [-0.3, -0.25) is 4.79 Å². The minimum absolute atomic E-state index is 0.0807. The fourth-order valence-electron chi connectivity index (χ4n) is 3.29. The molecule has 0 radical (unpaired) electrons. The third-order valence-electron chi connectivity index (χ3n) is 5.05. The van der Waals surface area contributed by atoms with Gasteiger partial charge in [-0.1, -0.05) is 6.07 Å². The van der Waals surface area contributed by atoms with Crippen molar-refractivity contribution in [2.24, 2.45) is 0 Å². The molecule has 0 aliphatic carbocycles. The molecule has 0 fully saturated rings. The summed E-state index contributed by atoms with van der Waals surface area (Å²) in [6.45, 7) is 5.43. The van der Waals surface area contributed by atoms with Gasteiger partial charge >= 0.3 is 12.1 Å². The Bertz CT molecular complexity index is 1120. The highest BCUT2D eigenvalue weighted by Gasteiger charge is 2.30. The van der Waals surface area contributed by atoms with Crippen molar-refractivity contribution in [2.75, 3.05) is 6.61 Å². The van der Waals surface area contributed by atoms with E-state index in [1.807, 2.05) is 6.92 Å². The van der Waals surface area contributed by atoms with Crippen LogP contribution in [0.4, 0.5) is 13.2 Å². The minimum atomic E-state index is -4.38. The van der Waals surface area contributed by atoms with Crippen LogP contribution in [0.3, 0.4) is 0 Å². The fourth-order valence-corrected chi connectivity index (χ4v) is 4.54. The molecule has 1 heterocycles. The van der Waals surface area contributed by atoms with Gasteiger partial charge in [0.15, 0.2) is 11.9 Å². The maximum Gasteiger partial charge on any atom is 0.416 e. The highest BCUT2D eigenvalue weighted by molar-refractivity contribution is 7.19. The van der Waals surface area contributed by atoms with Crippen molar-refractivity contribution in [3.8, 4) is 5.75 Å². The Kier molecular flexibility index (Phi) is 7.23. The van der Waals surface area contributed by atoms with Crippen LogP contribution in [0.15, 0.2) is 42.5 Å². The largest absolute Gasteiger partial charge is 0.479 e. The summed E-state index contributed by atoms with van der Waals surface area (Å²) in [5.41, 5.74) is 0.732. The Labute approximate surface area is 188 Å². The summed E-state index contributed by atoms with van der Waals surface area (Å²) in [4.78, 5) is 25.1. The SMILES string of the molecule is CCOC(=O)C(C)Oc1ccc(C(=O)CCc2sc3cc(C(F)(F)F)ccc3c2C)cc1. The second-order valence-corrected chi connectivity index (χ2v) is 8.46. The molecule has 0 spiro atoms. The number of fused-ring (bicyclic) bond motifs is 1. The number of benzene rings is 2. The number of carbonyl (C=O) groups excluding carboxylic acids is 2. The first-order chi connectivity index (χ1) is 15.1. The maximum absolute atomic E-state index is 13.0. The average molecular weight is 465 g/mol. The number of rotatable bonds is 8. The molecule has 0 aliphatic rings. The highest BCUT2D eigenvalue weighted by Crippen LogP contribution is 2.37. The van der Waals surface area contributed by atoms with Crippen molar-refractivity contribution in [1.82, 2.24) is 0 Å². The number of thiophene rings is 1. The normalized spacial score (nSPS) is 12.6. The van der Waals surface area contributed by atoms with E-state index in [9.17, 15) is 22.8 Å². The molecule has 170 valence electrons. The van der Waals surface area contributed by atoms with Crippen LogP contribution in [0.5, 0.6) is 5.75 Å². The minimum Gasteiger partial charge on any atom is -0.479 e. The van der Waals surface area contributed by atoms with Crippen LogP contribution < -0.4 is 4.74 Å². The molecule has 2 aromatic carbocycles. The summed E-state index contributed by atoms with van der Waals surface area (Å²) < 4.78 is 49.9. The zero-order valence-electron chi connectivity index (χ0n) is 17.9. The lowest BCUT2D eigenvalue weighted by Gasteiger charge is -2.13. The van der Waals surface area contributed by atoms with Gasteiger partial charge in [-0.25, -0.2) is 4.79 Å². The smallest absolute Gasteiger partial charge is 0.416 e. The number of ketones is 1. The number of aryl methyl sites for hydroxylation is 2. The Balaban J connectivity index is 1.64. The number of halogens is 3. The van der Waals surface area contributed by atoms with E-state index in [-0.39, 0.29) is 18.8 Å². The van der Waals surface area contributed by atoms with E-state index in [1.54, 1.807) is 38.1 Å². The third-order valence-corrected chi connectivity index (χ3v) is 6.37. The Morgan fingerprint density at radius 3 is 2.41 bits per heavy atom. The van der Waals surface area contributed by atoms with E-state index in [1.165, 1.54) is 17.4 Å². The van der Waals surface area contributed by atoms with E-state index < -0.39 is 23.8 Å². The van der Waals surface area contributed by atoms with Crippen molar-refractivity contribution in [2.45, 2.75) is 45.9 Å².